The van der Waals surface area contributed by atoms with Crippen LogP contribution >= 0.6 is 0 Å². The first-order valence-electron chi connectivity index (χ1n) is 11.1. The van der Waals surface area contributed by atoms with Crippen molar-refractivity contribution >= 4 is 15.9 Å². The van der Waals surface area contributed by atoms with Crippen molar-refractivity contribution in [3.63, 3.8) is 0 Å². The van der Waals surface area contributed by atoms with Gasteiger partial charge in [0.1, 0.15) is 11.4 Å². The fraction of sp³-hybridized carbons (Fsp3) is 0.458. The highest BCUT2D eigenvalue weighted by Gasteiger charge is 2.33. The van der Waals surface area contributed by atoms with E-state index < -0.39 is 10.0 Å². The molecule has 2 heterocycles. The van der Waals surface area contributed by atoms with Crippen LogP contribution in [0, 0.1) is 0 Å². The number of nitrogens with one attached hydrogen (secondary N) is 1. The smallest absolute Gasteiger partial charge is 0.258 e. The zero-order valence-corrected chi connectivity index (χ0v) is 20.0. The third kappa shape index (κ3) is 5.25. The maximum Gasteiger partial charge on any atom is 0.258 e. The molecule has 0 bridgehead atoms. The van der Waals surface area contributed by atoms with Gasteiger partial charge < -0.3 is 19.5 Å². The van der Waals surface area contributed by atoms with Crippen LogP contribution in [0.4, 0.5) is 0 Å². The molecule has 4 rings (SSSR count). The van der Waals surface area contributed by atoms with E-state index in [1.54, 1.807) is 30.3 Å². The first-order chi connectivity index (χ1) is 15.7. The van der Waals surface area contributed by atoms with Gasteiger partial charge in [0.2, 0.25) is 10.0 Å². The van der Waals surface area contributed by atoms with Gasteiger partial charge >= 0.3 is 0 Å². The van der Waals surface area contributed by atoms with E-state index in [1.807, 2.05) is 26.0 Å². The molecule has 33 heavy (non-hydrogen) atoms. The quantitative estimate of drug-likeness (QED) is 0.663. The molecule has 2 aromatic rings. The van der Waals surface area contributed by atoms with Crippen LogP contribution in [0.5, 0.6) is 17.2 Å². The van der Waals surface area contributed by atoms with E-state index in [2.05, 4.69) is 5.32 Å². The number of ether oxygens (including phenoxy) is 3. The van der Waals surface area contributed by atoms with Crippen LogP contribution in [-0.4, -0.2) is 57.1 Å². The van der Waals surface area contributed by atoms with Crippen LogP contribution in [0.3, 0.4) is 0 Å². The van der Waals surface area contributed by atoms with Crippen molar-refractivity contribution in [2.75, 3.05) is 26.8 Å². The number of carbonyl (C=O) groups excluding carboxylic acids is 1. The van der Waals surface area contributed by atoms with Gasteiger partial charge in [-0.05, 0) is 57.0 Å². The molecule has 1 saturated heterocycles. The summed E-state index contributed by atoms with van der Waals surface area (Å²) in [6.07, 6.45) is 1.88. The van der Waals surface area contributed by atoms with Crippen molar-refractivity contribution in [1.29, 1.82) is 0 Å². The predicted octanol–water partition coefficient (Wildman–Crippen LogP) is 2.76. The van der Waals surface area contributed by atoms with Gasteiger partial charge in [0.25, 0.3) is 5.91 Å². The Morgan fingerprint density at radius 3 is 2.52 bits per heavy atom. The third-order valence-electron chi connectivity index (χ3n) is 5.93. The second kappa shape index (κ2) is 9.23. The molecule has 0 unspecified atom stereocenters. The average molecular weight is 475 g/mol. The van der Waals surface area contributed by atoms with Gasteiger partial charge in [-0.2, -0.15) is 4.31 Å². The molecule has 2 aromatic carbocycles. The number of hydrogen-bond acceptors (Lipinski definition) is 6. The summed E-state index contributed by atoms with van der Waals surface area (Å²) in [4.78, 5) is 12.7. The summed E-state index contributed by atoms with van der Waals surface area (Å²) in [6, 6.07) is 12.0. The summed E-state index contributed by atoms with van der Waals surface area (Å²) in [5, 5.41) is 2.96. The molecular weight excluding hydrogens is 444 g/mol. The number of piperidine rings is 1. The molecule has 178 valence electrons. The van der Waals surface area contributed by atoms with Crippen LogP contribution in [0.15, 0.2) is 47.4 Å². The number of nitrogens with zero attached hydrogens (tertiary/aromatic N) is 1. The number of fused-ring (bicyclic) bond motifs is 1. The minimum atomic E-state index is -3.57. The van der Waals surface area contributed by atoms with Crippen molar-refractivity contribution in [2.24, 2.45) is 0 Å². The molecule has 0 radical (unpaired) electrons. The summed E-state index contributed by atoms with van der Waals surface area (Å²) in [5.41, 5.74) is 0.785. The second-order valence-electron chi connectivity index (χ2n) is 8.99. The van der Waals surface area contributed by atoms with Crippen LogP contribution in [-0.2, 0) is 21.2 Å². The first kappa shape index (κ1) is 23.4. The largest absolute Gasteiger partial charge is 0.497 e. The number of sulfonamides is 1. The van der Waals surface area contributed by atoms with Gasteiger partial charge in [0.15, 0.2) is 18.1 Å². The number of hydrogen-bond donors (Lipinski definition) is 1. The van der Waals surface area contributed by atoms with Gasteiger partial charge in [-0.15, -0.1) is 0 Å². The number of para-hydroxylation sites is 1. The van der Waals surface area contributed by atoms with Gasteiger partial charge in [0.05, 0.1) is 12.0 Å². The molecule has 0 aliphatic carbocycles. The highest BCUT2D eigenvalue weighted by atomic mass is 32.2. The average Bonchev–Trinajstić information content (AvgIpc) is 3.12. The van der Waals surface area contributed by atoms with Crippen molar-refractivity contribution in [2.45, 2.75) is 49.6 Å². The standard InChI is InChI=1S/C24H30N2O6S/c1-24(2)15-17-5-4-6-21(23(17)32-24)31-16-22(27)25-18-11-13-26(14-12-18)33(28,29)20-9-7-19(30-3)8-10-20/h4-10,18H,11-16H2,1-3H3,(H,25,27). The normalized spacial score (nSPS) is 18.3. The zero-order valence-electron chi connectivity index (χ0n) is 19.2. The molecule has 1 fully saturated rings. The Hall–Kier alpha value is -2.78. The Labute approximate surface area is 194 Å². The minimum absolute atomic E-state index is 0.0971. The fourth-order valence-corrected chi connectivity index (χ4v) is 5.72. The molecule has 1 amide bonds. The summed E-state index contributed by atoms with van der Waals surface area (Å²) >= 11 is 0. The predicted molar refractivity (Wildman–Crippen MR) is 123 cm³/mol. The number of methoxy groups -OCH3 is 1. The number of amides is 1. The van der Waals surface area contributed by atoms with E-state index in [1.165, 1.54) is 11.4 Å². The van der Waals surface area contributed by atoms with Gasteiger partial charge in [-0.1, -0.05) is 12.1 Å². The first-order valence-corrected chi connectivity index (χ1v) is 12.5. The second-order valence-corrected chi connectivity index (χ2v) is 10.9. The number of carbonyl (C=O) groups is 1. The van der Waals surface area contributed by atoms with Crippen LogP contribution in [0.1, 0.15) is 32.3 Å². The Morgan fingerprint density at radius 1 is 1.15 bits per heavy atom. The highest BCUT2D eigenvalue weighted by molar-refractivity contribution is 7.89. The lowest BCUT2D eigenvalue weighted by Crippen LogP contribution is -2.47. The molecule has 0 atom stereocenters. The van der Waals surface area contributed by atoms with E-state index >= 15 is 0 Å². The molecule has 0 aromatic heterocycles. The molecule has 9 heteroatoms. The monoisotopic (exact) mass is 474 g/mol. The third-order valence-corrected chi connectivity index (χ3v) is 7.84. The summed E-state index contributed by atoms with van der Waals surface area (Å²) in [5.74, 6) is 1.63. The molecule has 8 nitrogen and oxygen atoms in total. The van der Waals surface area contributed by atoms with Gasteiger partial charge in [-0.25, -0.2) is 8.42 Å². The molecule has 2 aliphatic heterocycles. The van der Waals surface area contributed by atoms with Crippen LogP contribution in [0.2, 0.25) is 0 Å². The Balaban J connectivity index is 1.27. The molecule has 0 saturated carbocycles. The van der Waals surface area contributed by atoms with E-state index in [-0.39, 0.29) is 29.1 Å². The van der Waals surface area contributed by atoms with E-state index in [9.17, 15) is 13.2 Å². The molecule has 2 aliphatic rings. The van der Waals surface area contributed by atoms with Crippen LogP contribution in [0.25, 0.3) is 0 Å². The van der Waals surface area contributed by atoms with Gasteiger partial charge in [0, 0.05) is 31.1 Å². The maximum absolute atomic E-state index is 12.9. The summed E-state index contributed by atoms with van der Waals surface area (Å²) in [7, 11) is -2.04. The Morgan fingerprint density at radius 2 is 1.85 bits per heavy atom. The Kier molecular flexibility index (Phi) is 6.54. The van der Waals surface area contributed by atoms with Gasteiger partial charge in [-0.3, -0.25) is 4.79 Å². The zero-order chi connectivity index (χ0) is 23.6. The molecule has 0 spiro atoms. The van der Waals surface area contributed by atoms with E-state index in [0.717, 1.165) is 12.0 Å². The Bertz CT molecular complexity index is 1110. The number of rotatable bonds is 7. The van der Waals surface area contributed by atoms with E-state index in [4.69, 9.17) is 14.2 Å². The maximum atomic E-state index is 12.9. The highest BCUT2D eigenvalue weighted by Crippen LogP contribution is 2.41. The lowest BCUT2D eigenvalue weighted by atomic mass is 10.0. The van der Waals surface area contributed by atoms with Crippen molar-refractivity contribution in [1.82, 2.24) is 9.62 Å². The topological polar surface area (TPSA) is 94.2 Å². The van der Waals surface area contributed by atoms with E-state index in [0.29, 0.717) is 43.2 Å². The molecular formula is C24H30N2O6S. The van der Waals surface area contributed by atoms with Crippen molar-refractivity contribution < 1.29 is 27.4 Å². The van der Waals surface area contributed by atoms with Crippen molar-refractivity contribution in [3.8, 4) is 17.2 Å². The lowest BCUT2D eigenvalue weighted by molar-refractivity contribution is -0.124. The minimum Gasteiger partial charge on any atom is -0.497 e. The fourth-order valence-electron chi connectivity index (χ4n) is 4.25. The number of benzene rings is 2. The molecule has 1 N–H and O–H groups in total. The summed E-state index contributed by atoms with van der Waals surface area (Å²) < 4.78 is 44.0. The van der Waals surface area contributed by atoms with Crippen molar-refractivity contribution in [3.05, 3.63) is 48.0 Å². The van der Waals surface area contributed by atoms with Crippen LogP contribution < -0.4 is 19.5 Å². The summed E-state index contributed by atoms with van der Waals surface area (Å²) in [6.45, 7) is 4.60. The SMILES string of the molecule is COc1ccc(S(=O)(=O)N2CCC(NC(=O)COc3cccc4c3OC(C)(C)C4)CC2)cc1. The lowest BCUT2D eigenvalue weighted by Gasteiger charge is -2.31.